The summed E-state index contributed by atoms with van der Waals surface area (Å²) in [6.45, 7) is 10.6. The predicted octanol–water partition coefficient (Wildman–Crippen LogP) is 4.87. The average Bonchev–Trinajstić information content (AvgIpc) is 3.08. The fourth-order valence-electron chi connectivity index (χ4n) is 6.28. The van der Waals surface area contributed by atoms with Crippen LogP contribution < -0.4 is 20.7 Å². The molecule has 14 heteroatoms. The van der Waals surface area contributed by atoms with Crippen molar-refractivity contribution in [1.29, 1.82) is 0 Å². The van der Waals surface area contributed by atoms with Crippen LogP contribution in [0.3, 0.4) is 0 Å². The zero-order valence-electron chi connectivity index (χ0n) is 30.3. The summed E-state index contributed by atoms with van der Waals surface area (Å²) < 4.78 is 72.5. The summed E-state index contributed by atoms with van der Waals surface area (Å²) in [4.78, 5) is 24.0. The lowest BCUT2D eigenvalue weighted by atomic mass is 10.1. The smallest absolute Gasteiger partial charge is 0.387 e. The van der Waals surface area contributed by atoms with Crippen molar-refractivity contribution < 1.29 is 50.2 Å². The maximum Gasteiger partial charge on any atom is 0.395 e. The van der Waals surface area contributed by atoms with E-state index in [4.69, 9.17) is 18.9 Å². The molecule has 0 aromatic heterocycles. The van der Waals surface area contributed by atoms with Crippen LogP contribution in [0.1, 0.15) is 41.5 Å². The van der Waals surface area contributed by atoms with Crippen LogP contribution in [0.5, 0.6) is 0 Å². The van der Waals surface area contributed by atoms with Crippen molar-refractivity contribution in [2.24, 2.45) is 0 Å². The Bertz CT molecular complexity index is 1780. The number of benzene rings is 4. The molecule has 0 aliphatic rings. The summed E-state index contributed by atoms with van der Waals surface area (Å²) in [6.07, 6.45) is -4.67. The molecule has 0 unspecified atom stereocenters. The van der Waals surface area contributed by atoms with Gasteiger partial charge in [0.05, 0.1) is 6.26 Å². The van der Waals surface area contributed by atoms with Crippen LogP contribution in [0.4, 0.5) is 8.78 Å². The van der Waals surface area contributed by atoms with Crippen molar-refractivity contribution in [3.63, 3.8) is 0 Å². The van der Waals surface area contributed by atoms with Crippen LogP contribution in [0.2, 0.25) is 10.1 Å². The lowest BCUT2D eigenvalue weighted by molar-refractivity contribution is -0.334. The molecule has 1 N–H and O–H groups in total. The third-order valence-corrected chi connectivity index (χ3v) is 18.7. The summed E-state index contributed by atoms with van der Waals surface area (Å²) in [5, 5.41) is 13.0. The minimum atomic E-state index is -4.76. The fraction of sp³-hybridized carbons (Fsp3) is 0.342. The van der Waals surface area contributed by atoms with Gasteiger partial charge in [-0.2, -0.15) is 17.2 Å². The number of alkyl halides is 2. The van der Waals surface area contributed by atoms with Crippen LogP contribution in [-0.4, -0.2) is 67.1 Å². The highest BCUT2D eigenvalue weighted by Crippen LogP contribution is 2.39. The van der Waals surface area contributed by atoms with Crippen molar-refractivity contribution in [3.05, 3.63) is 121 Å². The Morgan fingerprint density at radius 2 is 0.981 bits per heavy atom. The minimum Gasteiger partial charge on any atom is -0.387 e. The maximum atomic E-state index is 16.1. The van der Waals surface area contributed by atoms with Crippen LogP contribution in [0.15, 0.2) is 121 Å². The summed E-state index contributed by atoms with van der Waals surface area (Å²) in [5.74, 6) is -7.22. The predicted molar refractivity (Wildman–Crippen MR) is 200 cm³/mol. The van der Waals surface area contributed by atoms with Gasteiger partial charge in [0, 0.05) is 0 Å². The highest BCUT2D eigenvalue weighted by Gasteiger charge is 2.59. The van der Waals surface area contributed by atoms with Crippen LogP contribution in [0, 0.1) is 0 Å². The lowest BCUT2D eigenvalue weighted by Gasteiger charge is -2.43. The van der Waals surface area contributed by atoms with Gasteiger partial charge in [0.2, 0.25) is 0 Å². The highest BCUT2D eigenvalue weighted by molar-refractivity contribution is 7.86. The van der Waals surface area contributed by atoms with E-state index in [0.29, 0.717) is 16.6 Å². The van der Waals surface area contributed by atoms with E-state index < -0.39 is 67.5 Å². The molecular weight excluding hydrogens is 727 g/mol. The SMILES string of the molecule is CC(C)(C)[Si](OOC[C@@H](O)[C@@H](OO[Si](c1ccccc1)(c1ccccc1)C(C)(C)C)C(F)(F)C(=O)OS(C)(=O)=O)(c1ccccc1)c1ccccc1. The van der Waals surface area contributed by atoms with Crippen LogP contribution in [-0.2, 0) is 38.0 Å². The summed E-state index contributed by atoms with van der Waals surface area (Å²) in [5.41, 5.74) is 0. The van der Waals surface area contributed by atoms with E-state index in [1.54, 1.807) is 60.7 Å². The van der Waals surface area contributed by atoms with Crippen molar-refractivity contribution in [2.75, 3.05) is 12.9 Å². The van der Waals surface area contributed by atoms with Gasteiger partial charge in [0.15, 0.2) is 6.10 Å². The second kappa shape index (κ2) is 16.2. The normalized spacial score (nSPS) is 14.4. The molecule has 0 saturated carbocycles. The van der Waals surface area contributed by atoms with Crippen molar-refractivity contribution in [1.82, 2.24) is 0 Å². The Balaban J connectivity index is 1.77. The van der Waals surface area contributed by atoms with Gasteiger partial charge in [-0.25, -0.2) is 14.6 Å². The van der Waals surface area contributed by atoms with E-state index in [-0.39, 0.29) is 0 Å². The molecule has 9 nitrogen and oxygen atoms in total. The van der Waals surface area contributed by atoms with Crippen molar-refractivity contribution in [2.45, 2.75) is 69.7 Å². The van der Waals surface area contributed by atoms with Crippen LogP contribution >= 0.6 is 0 Å². The molecule has 0 aliphatic carbocycles. The van der Waals surface area contributed by atoms with E-state index in [9.17, 15) is 18.3 Å². The topological polar surface area (TPSA) is 118 Å². The second-order valence-corrected chi connectivity index (χ2v) is 24.5. The van der Waals surface area contributed by atoms with Crippen molar-refractivity contribution >= 4 is 53.5 Å². The molecule has 4 rings (SSSR count). The molecule has 0 radical (unpaired) electrons. The van der Waals surface area contributed by atoms with E-state index >= 15 is 8.78 Å². The van der Waals surface area contributed by atoms with Gasteiger partial charge in [-0.3, -0.25) is 9.15 Å². The molecule has 0 amide bonds. The standard InChI is InChI=1S/C38H46F2O9SSi2/c1-36(2,3)51(29-20-12-8-13-21-29,30-22-14-9-15-23-30)48-45-28-33(41)34(38(39,40)35(42)47-50(7,43)44)46-49-52(37(4,5)6,31-24-16-10-17-25-31)32-26-18-11-19-27-32/h8-27,33-34,41H,28H2,1-7H3/t33-,34-/m1/s1. The molecule has 4 aromatic carbocycles. The first kappa shape index (κ1) is 41.2. The number of carbonyl (C=O) groups excluding carboxylic acids is 1. The number of carbonyl (C=O) groups is 1. The van der Waals surface area contributed by atoms with Gasteiger partial charge in [0.1, 0.15) is 12.7 Å². The molecule has 0 saturated heterocycles. The average molecular weight is 773 g/mol. The second-order valence-electron chi connectivity index (χ2n) is 14.6. The first-order valence-electron chi connectivity index (χ1n) is 16.6. The number of aliphatic hydroxyl groups is 1. The Morgan fingerprint density at radius 1 is 0.654 bits per heavy atom. The highest BCUT2D eigenvalue weighted by atomic mass is 32.2. The van der Waals surface area contributed by atoms with Gasteiger partial charge >= 0.3 is 38.6 Å². The Morgan fingerprint density at radius 3 is 1.29 bits per heavy atom. The molecule has 0 spiro atoms. The lowest BCUT2D eigenvalue weighted by Crippen LogP contribution is -2.68. The van der Waals surface area contributed by atoms with E-state index in [0.717, 1.165) is 10.4 Å². The Hall–Kier alpha value is -3.61. The van der Waals surface area contributed by atoms with Gasteiger partial charge in [-0.05, 0) is 30.8 Å². The van der Waals surface area contributed by atoms with Gasteiger partial charge < -0.3 is 9.29 Å². The molecule has 0 fully saturated rings. The summed E-state index contributed by atoms with van der Waals surface area (Å²) >= 11 is 0. The third-order valence-electron chi connectivity index (χ3n) is 8.74. The molecule has 0 bridgehead atoms. The van der Waals surface area contributed by atoms with Gasteiger partial charge in [-0.1, -0.05) is 163 Å². The van der Waals surface area contributed by atoms with Gasteiger partial charge in [-0.15, -0.1) is 0 Å². The quantitative estimate of drug-likeness (QED) is 0.0782. The Labute approximate surface area is 306 Å². The molecule has 0 heterocycles. The Kier molecular flexibility index (Phi) is 12.8. The van der Waals surface area contributed by atoms with E-state index in [1.807, 2.05) is 102 Å². The zero-order valence-corrected chi connectivity index (χ0v) is 33.1. The first-order valence-corrected chi connectivity index (χ1v) is 22.3. The van der Waals surface area contributed by atoms with E-state index in [2.05, 4.69) is 4.18 Å². The van der Waals surface area contributed by atoms with Gasteiger partial charge in [0.25, 0.3) is 0 Å². The van der Waals surface area contributed by atoms with Crippen LogP contribution in [0.25, 0.3) is 0 Å². The molecule has 0 aliphatic heterocycles. The summed E-state index contributed by atoms with van der Waals surface area (Å²) in [7, 11) is -11.7. The molecule has 4 aromatic rings. The summed E-state index contributed by atoms with van der Waals surface area (Å²) in [6, 6.07) is 36.5. The number of hydrogen-bond acceptors (Lipinski definition) is 9. The fourth-order valence-corrected chi connectivity index (χ4v) is 14.8. The van der Waals surface area contributed by atoms with Crippen molar-refractivity contribution in [3.8, 4) is 0 Å². The molecule has 2 atom stereocenters. The minimum absolute atomic E-state index is 0.451. The number of hydrogen-bond donors (Lipinski definition) is 1. The number of halogens is 2. The molecule has 52 heavy (non-hydrogen) atoms. The largest absolute Gasteiger partial charge is 0.395 e. The molecule has 280 valence electrons. The maximum absolute atomic E-state index is 16.1. The zero-order chi connectivity index (χ0) is 38.4. The number of rotatable bonds is 15. The molecular formula is C38H46F2O9SSi2. The van der Waals surface area contributed by atoms with E-state index in [1.165, 1.54) is 0 Å². The number of aliphatic hydroxyl groups excluding tert-OH is 1. The monoisotopic (exact) mass is 772 g/mol. The third kappa shape index (κ3) is 8.77. The first-order chi connectivity index (χ1) is 24.3.